The van der Waals surface area contributed by atoms with E-state index in [2.05, 4.69) is 39.5 Å². The minimum absolute atomic E-state index is 0.143. The van der Waals surface area contributed by atoms with Gasteiger partial charge in [-0.1, -0.05) is 29.8 Å². The van der Waals surface area contributed by atoms with Crippen molar-refractivity contribution >= 4 is 0 Å². The van der Waals surface area contributed by atoms with Crippen LogP contribution in [0.4, 0.5) is 0 Å². The molecule has 6 aromatic rings. The van der Waals surface area contributed by atoms with Gasteiger partial charge in [-0.15, -0.1) is 0 Å². The van der Waals surface area contributed by atoms with Crippen LogP contribution in [0.2, 0.25) is 0 Å². The minimum atomic E-state index is 0.143. The quantitative estimate of drug-likeness (QED) is 0.158. The first-order chi connectivity index (χ1) is 20.9. The van der Waals surface area contributed by atoms with Crippen LogP contribution in [0.1, 0.15) is 5.56 Å². The first kappa shape index (κ1) is 28.8. The molecule has 9 nitrogen and oxygen atoms in total. The Morgan fingerprint density at radius 2 is 0.907 bits per heavy atom. The third-order valence-electron chi connectivity index (χ3n) is 6.88. The first-order valence-electron chi connectivity index (χ1n) is 13.5. The van der Waals surface area contributed by atoms with Crippen LogP contribution < -0.4 is 14.2 Å². The van der Waals surface area contributed by atoms with Gasteiger partial charge in [0.15, 0.2) is 0 Å². The van der Waals surface area contributed by atoms with Gasteiger partial charge in [0.1, 0.15) is 28.7 Å². The number of H-pyrrole nitrogens is 2. The lowest BCUT2D eigenvalue weighted by Gasteiger charge is -2.04. The largest absolute Gasteiger partial charge is 0.507 e. The molecule has 0 atom stereocenters. The standard InChI is InChI=1S/C17H16N2O3.C17H16N2O2/c1-21-12-5-3-11(4-6-12)15-10-16(19-18-15)14-8-7-13(22-2)9-17(14)20;1-11-3-5-12(6-4-11)15-10-16(19-18-15)14-8-7-13(21-2)9-17(14)20/h3-10,20H,1-2H3,(H,18,19);3-10,20H,1-2H3,(H,18,19). The molecule has 0 aliphatic rings. The molecule has 0 aliphatic carbocycles. The van der Waals surface area contributed by atoms with E-state index in [0.29, 0.717) is 22.6 Å². The maximum absolute atomic E-state index is 10.1. The maximum Gasteiger partial charge on any atom is 0.128 e. The molecule has 2 heterocycles. The zero-order valence-electron chi connectivity index (χ0n) is 24.3. The molecular weight excluding hydrogens is 544 g/mol. The van der Waals surface area contributed by atoms with E-state index in [9.17, 15) is 10.2 Å². The number of benzene rings is 4. The van der Waals surface area contributed by atoms with Gasteiger partial charge >= 0.3 is 0 Å². The Balaban J connectivity index is 0.000000171. The molecule has 0 saturated heterocycles. The van der Waals surface area contributed by atoms with E-state index in [1.54, 1.807) is 57.7 Å². The predicted octanol–water partition coefficient (Wildman–Crippen LogP) is 7.23. The molecule has 0 bridgehead atoms. The van der Waals surface area contributed by atoms with E-state index in [-0.39, 0.29) is 11.5 Å². The van der Waals surface area contributed by atoms with E-state index < -0.39 is 0 Å². The molecule has 0 aliphatic heterocycles. The third-order valence-corrected chi connectivity index (χ3v) is 6.88. The summed E-state index contributed by atoms with van der Waals surface area (Å²) in [6, 6.07) is 30.0. The van der Waals surface area contributed by atoms with Gasteiger partial charge in [-0.25, -0.2) is 0 Å². The Morgan fingerprint density at radius 1 is 0.512 bits per heavy atom. The smallest absolute Gasteiger partial charge is 0.128 e. The summed E-state index contributed by atoms with van der Waals surface area (Å²) in [5, 5.41) is 34.7. The second kappa shape index (κ2) is 12.9. The second-order valence-electron chi connectivity index (χ2n) is 9.69. The Hall–Kier alpha value is -5.70. The predicted molar refractivity (Wildman–Crippen MR) is 167 cm³/mol. The zero-order chi connectivity index (χ0) is 30.3. The molecule has 0 saturated carbocycles. The van der Waals surface area contributed by atoms with Gasteiger partial charge in [0, 0.05) is 34.4 Å². The number of hydrogen-bond donors (Lipinski definition) is 4. The lowest BCUT2D eigenvalue weighted by atomic mass is 10.1. The summed E-state index contributed by atoms with van der Waals surface area (Å²) in [5.74, 6) is 2.33. The fraction of sp³-hybridized carbons (Fsp3) is 0.118. The Bertz CT molecular complexity index is 1810. The number of nitrogens with zero attached hydrogens (tertiary/aromatic N) is 2. The number of aryl methyl sites for hydroxylation is 1. The van der Waals surface area contributed by atoms with Crippen molar-refractivity contribution in [2.24, 2.45) is 0 Å². The van der Waals surface area contributed by atoms with Crippen molar-refractivity contribution in [3.05, 3.63) is 103 Å². The van der Waals surface area contributed by atoms with Crippen molar-refractivity contribution in [2.45, 2.75) is 6.92 Å². The van der Waals surface area contributed by atoms with Crippen LogP contribution >= 0.6 is 0 Å². The van der Waals surface area contributed by atoms with Crippen molar-refractivity contribution in [3.8, 4) is 73.8 Å². The molecule has 43 heavy (non-hydrogen) atoms. The summed E-state index contributed by atoms with van der Waals surface area (Å²) in [7, 11) is 4.76. The van der Waals surface area contributed by atoms with Crippen LogP contribution in [0.25, 0.3) is 45.0 Å². The summed E-state index contributed by atoms with van der Waals surface area (Å²) >= 11 is 0. The highest BCUT2D eigenvalue weighted by atomic mass is 16.5. The summed E-state index contributed by atoms with van der Waals surface area (Å²) in [6.07, 6.45) is 0. The van der Waals surface area contributed by atoms with E-state index in [0.717, 1.165) is 39.7 Å². The van der Waals surface area contributed by atoms with Crippen LogP contribution in [0, 0.1) is 6.92 Å². The molecule has 0 unspecified atom stereocenters. The Labute approximate surface area is 249 Å². The van der Waals surface area contributed by atoms with Crippen molar-refractivity contribution in [3.63, 3.8) is 0 Å². The highest BCUT2D eigenvalue weighted by Gasteiger charge is 2.12. The molecule has 4 aromatic carbocycles. The number of methoxy groups -OCH3 is 3. The zero-order valence-corrected chi connectivity index (χ0v) is 24.3. The molecule has 9 heteroatoms. The molecule has 2 aromatic heterocycles. The van der Waals surface area contributed by atoms with E-state index in [4.69, 9.17) is 14.2 Å². The minimum Gasteiger partial charge on any atom is -0.507 e. The van der Waals surface area contributed by atoms with Gasteiger partial charge < -0.3 is 24.4 Å². The first-order valence-corrected chi connectivity index (χ1v) is 13.5. The number of aromatic nitrogens is 4. The molecule has 218 valence electrons. The molecule has 0 amide bonds. The van der Waals surface area contributed by atoms with Gasteiger partial charge in [-0.2, -0.15) is 10.2 Å². The maximum atomic E-state index is 10.1. The van der Waals surface area contributed by atoms with Crippen molar-refractivity contribution in [1.29, 1.82) is 0 Å². The SMILES string of the molecule is COc1ccc(-c2cc(-c3ccc(C)cc3)n[nH]2)c(O)c1.COc1ccc(-c2cc(-c3ccc(OC)cc3O)[nH]n2)cc1. The lowest BCUT2D eigenvalue weighted by Crippen LogP contribution is -1.84. The van der Waals surface area contributed by atoms with E-state index in [1.807, 2.05) is 48.5 Å². The van der Waals surface area contributed by atoms with Crippen LogP contribution in [-0.4, -0.2) is 51.9 Å². The Morgan fingerprint density at radius 3 is 1.30 bits per heavy atom. The topological polar surface area (TPSA) is 126 Å². The van der Waals surface area contributed by atoms with Crippen LogP contribution in [-0.2, 0) is 0 Å². The van der Waals surface area contributed by atoms with E-state index in [1.165, 1.54) is 5.56 Å². The third kappa shape index (κ3) is 6.62. The van der Waals surface area contributed by atoms with Crippen LogP contribution in [0.15, 0.2) is 97.1 Å². The van der Waals surface area contributed by atoms with Gasteiger partial charge in [0.05, 0.1) is 44.1 Å². The second-order valence-corrected chi connectivity index (χ2v) is 9.69. The highest BCUT2D eigenvalue weighted by Crippen LogP contribution is 2.34. The highest BCUT2D eigenvalue weighted by molar-refractivity contribution is 5.74. The number of phenolic OH excluding ortho intramolecular Hbond substituents is 2. The molecule has 0 spiro atoms. The Kier molecular flexibility index (Phi) is 8.62. The summed E-state index contributed by atoms with van der Waals surface area (Å²) < 4.78 is 15.3. The summed E-state index contributed by atoms with van der Waals surface area (Å²) in [6.45, 7) is 2.05. The summed E-state index contributed by atoms with van der Waals surface area (Å²) in [5.41, 5.74) is 7.74. The van der Waals surface area contributed by atoms with Gasteiger partial charge in [-0.05, 0) is 67.6 Å². The molecule has 4 N–H and O–H groups in total. The number of rotatable bonds is 7. The van der Waals surface area contributed by atoms with Crippen LogP contribution in [0.3, 0.4) is 0 Å². The number of aromatic hydroxyl groups is 2. The van der Waals surface area contributed by atoms with Crippen molar-refractivity contribution in [1.82, 2.24) is 20.4 Å². The number of phenols is 2. The van der Waals surface area contributed by atoms with Crippen molar-refractivity contribution in [2.75, 3.05) is 21.3 Å². The van der Waals surface area contributed by atoms with Gasteiger partial charge in [0.25, 0.3) is 0 Å². The van der Waals surface area contributed by atoms with E-state index >= 15 is 0 Å². The summed E-state index contributed by atoms with van der Waals surface area (Å²) in [4.78, 5) is 0. The average molecular weight is 577 g/mol. The normalized spacial score (nSPS) is 10.5. The molecular formula is C34H32N4O5. The number of hydrogen-bond acceptors (Lipinski definition) is 7. The fourth-order valence-corrected chi connectivity index (χ4v) is 4.43. The van der Waals surface area contributed by atoms with Gasteiger partial charge in [-0.3, -0.25) is 10.2 Å². The monoisotopic (exact) mass is 576 g/mol. The van der Waals surface area contributed by atoms with Crippen LogP contribution in [0.5, 0.6) is 28.7 Å². The fourth-order valence-electron chi connectivity index (χ4n) is 4.43. The number of ether oxygens (including phenoxy) is 3. The molecule has 0 radical (unpaired) electrons. The number of aromatic amines is 2. The lowest BCUT2D eigenvalue weighted by molar-refractivity contribution is 0.407. The number of nitrogens with one attached hydrogen (secondary N) is 2. The molecule has 6 rings (SSSR count). The van der Waals surface area contributed by atoms with Crippen molar-refractivity contribution < 1.29 is 24.4 Å². The van der Waals surface area contributed by atoms with Gasteiger partial charge in [0.2, 0.25) is 0 Å². The average Bonchev–Trinajstić information content (AvgIpc) is 3.73. The molecule has 0 fully saturated rings.